The van der Waals surface area contributed by atoms with Crippen LogP contribution in [0.25, 0.3) is 6.08 Å². The van der Waals surface area contributed by atoms with Crippen LogP contribution >= 0.6 is 0 Å². The maximum absolute atomic E-state index is 11.9. The summed E-state index contributed by atoms with van der Waals surface area (Å²) in [4.78, 5) is 14.9. The molecule has 0 spiro atoms. The molecule has 4 N–H and O–H groups in total. The number of anilines is 1. The van der Waals surface area contributed by atoms with E-state index in [1.165, 1.54) is 11.3 Å². The normalized spacial score (nSPS) is 13.4. The molecule has 5 rings (SSSR count). The zero-order valence-corrected chi connectivity index (χ0v) is 21.3. The molecule has 9 heteroatoms. The van der Waals surface area contributed by atoms with Crippen molar-refractivity contribution in [3.8, 4) is 0 Å². The second-order valence-corrected chi connectivity index (χ2v) is 7.61. The minimum atomic E-state index is -1.35. The molecule has 2 aliphatic heterocycles. The summed E-state index contributed by atoms with van der Waals surface area (Å²) in [5.74, 6) is -1.89. The number of hydrogen-bond donors (Lipinski definition) is 0. The van der Waals surface area contributed by atoms with Crippen molar-refractivity contribution in [2.75, 3.05) is 5.01 Å². The number of para-hydroxylation sites is 1. The van der Waals surface area contributed by atoms with Crippen LogP contribution in [0.4, 0.5) is 5.69 Å². The average molecular weight is 592 g/mol. The maximum Gasteiger partial charge on any atom is 2.00 e. The molecule has 8 nitrogen and oxygen atoms in total. The zero-order chi connectivity index (χ0) is 23.8. The zero-order valence-electron chi connectivity index (χ0n) is 19.7. The minimum absolute atomic E-state index is 0. The fourth-order valence-electron chi connectivity index (χ4n) is 3.55. The van der Waals surface area contributed by atoms with Gasteiger partial charge in [-0.3, -0.25) is 15.0 Å². The molecule has 37 heavy (non-hydrogen) atoms. The van der Waals surface area contributed by atoms with Gasteiger partial charge < -0.3 is 26.0 Å². The first kappa shape index (κ1) is 31.0. The third kappa shape index (κ3) is 8.27. The van der Waals surface area contributed by atoms with Gasteiger partial charge in [0, 0.05) is 30.6 Å². The fraction of sp³-hybridized carbons (Fsp3) is 0.0714. The summed E-state index contributed by atoms with van der Waals surface area (Å²) >= 11 is 0. The van der Waals surface area contributed by atoms with E-state index < -0.39 is 17.9 Å². The number of aliphatic carboxylic acids is 1. The van der Waals surface area contributed by atoms with E-state index in [-0.39, 0.29) is 37.8 Å². The summed E-state index contributed by atoms with van der Waals surface area (Å²) in [7, 11) is 0. The molecule has 0 saturated carbocycles. The standard InChI is InChI=1S/C16H15NO3.C12H10N2.2H2O.Pd/c18-15(13-9-5-2-6-10-13)17-14(16(19)20)11-12-7-3-1-4-8-12;1-2-6-12-11(5-1)7-10-13-8-3-4-9-14(12)13;;;/h1-10,14H,11H2,(H,17,18)(H,19,20);1-10H;2*1H2;/q;;;;+2/p-2. The molecule has 2 heterocycles. The minimum Gasteiger partial charge on any atom is -0.858 e. The van der Waals surface area contributed by atoms with Gasteiger partial charge in [-0.1, -0.05) is 78.9 Å². The van der Waals surface area contributed by atoms with E-state index in [0.29, 0.717) is 5.56 Å². The van der Waals surface area contributed by atoms with Crippen molar-refractivity contribution < 1.29 is 46.4 Å². The predicted octanol–water partition coefficient (Wildman–Crippen LogP) is 1.24. The number of nitrogens with zero attached hydrogens (tertiary/aromatic N) is 3. The number of benzene rings is 3. The molecule has 0 aliphatic carbocycles. The number of aliphatic imine (C=N–C) groups is 1. The van der Waals surface area contributed by atoms with Crippen molar-refractivity contribution in [3.63, 3.8) is 0 Å². The van der Waals surface area contributed by atoms with Gasteiger partial charge >= 0.3 is 20.4 Å². The van der Waals surface area contributed by atoms with Gasteiger partial charge in [0.25, 0.3) is 0 Å². The van der Waals surface area contributed by atoms with E-state index in [4.69, 9.17) is 0 Å². The van der Waals surface area contributed by atoms with Crippen molar-refractivity contribution in [1.29, 1.82) is 0 Å². The Morgan fingerprint density at radius 3 is 2.05 bits per heavy atom. The van der Waals surface area contributed by atoms with Crippen LogP contribution in [0.15, 0.2) is 121 Å². The van der Waals surface area contributed by atoms with Crippen LogP contribution < -0.4 is 15.2 Å². The Balaban J connectivity index is 0.000000357. The van der Waals surface area contributed by atoms with E-state index in [9.17, 15) is 15.0 Å². The average Bonchev–Trinajstić information content (AvgIpc) is 2.89. The van der Waals surface area contributed by atoms with Gasteiger partial charge in [0.1, 0.15) is 0 Å². The third-order valence-electron chi connectivity index (χ3n) is 5.25. The summed E-state index contributed by atoms with van der Waals surface area (Å²) in [6.45, 7) is 0. The number of hydrazine groups is 1. The second-order valence-electron chi connectivity index (χ2n) is 7.61. The molecular formula is C28H27N3O5Pd. The van der Waals surface area contributed by atoms with Crippen molar-refractivity contribution in [2.24, 2.45) is 4.99 Å². The van der Waals surface area contributed by atoms with Crippen molar-refractivity contribution in [2.45, 2.75) is 12.5 Å². The predicted molar refractivity (Wildman–Crippen MR) is 137 cm³/mol. The van der Waals surface area contributed by atoms with E-state index in [1.807, 2.05) is 24.4 Å². The molecule has 0 amide bonds. The number of hydrogen-bond acceptors (Lipinski definition) is 6. The number of allylic oxidation sites excluding steroid dienone is 2. The van der Waals surface area contributed by atoms with Crippen LogP contribution in [0.3, 0.4) is 0 Å². The van der Waals surface area contributed by atoms with E-state index in [2.05, 4.69) is 57.8 Å². The van der Waals surface area contributed by atoms with Gasteiger partial charge in [-0.15, -0.1) is 0 Å². The van der Waals surface area contributed by atoms with Crippen LogP contribution in [0.5, 0.6) is 0 Å². The first-order chi connectivity index (χ1) is 16.6. The van der Waals surface area contributed by atoms with Crippen LogP contribution in [-0.2, 0) is 31.6 Å². The Kier molecular flexibility index (Phi) is 12.7. The Bertz CT molecular complexity index is 1250. The summed E-state index contributed by atoms with van der Waals surface area (Å²) < 4.78 is 0. The van der Waals surface area contributed by atoms with Gasteiger partial charge in [-0.2, -0.15) is 0 Å². The molecule has 3 aromatic rings. The number of carbonyl (C=O) groups excluding carboxylic acids is 1. The Morgan fingerprint density at radius 1 is 0.784 bits per heavy atom. The first-order valence-corrected chi connectivity index (χ1v) is 10.9. The number of carbonyl (C=O) groups is 1. The maximum atomic E-state index is 11.9. The molecule has 1 atom stereocenters. The van der Waals surface area contributed by atoms with Gasteiger partial charge in [0.05, 0.1) is 17.7 Å². The van der Waals surface area contributed by atoms with E-state index in [1.54, 1.807) is 54.6 Å². The van der Waals surface area contributed by atoms with Crippen molar-refractivity contribution in [3.05, 3.63) is 132 Å². The topological polar surface area (TPSA) is 145 Å². The number of carboxylic acids is 1. The Morgan fingerprint density at radius 2 is 1.38 bits per heavy atom. The van der Waals surface area contributed by atoms with Crippen LogP contribution in [0.2, 0.25) is 0 Å². The van der Waals surface area contributed by atoms with Gasteiger partial charge in [-0.25, -0.2) is 0 Å². The van der Waals surface area contributed by atoms with Crippen LogP contribution in [0.1, 0.15) is 16.7 Å². The molecule has 2 aliphatic rings. The summed E-state index contributed by atoms with van der Waals surface area (Å²) in [6, 6.07) is 24.6. The molecule has 1 unspecified atom stereocenters. The molecule has 0 radical (unpaired) electrons. The third-order valence-corrected chi connectivity index (χ3v) is 5.25. The first-order valence-electron chi connectivity index (χ1n) is 10.9. The number of fused-ring (bicyclic) bond motifs is 3. The van der Waals surface area contributed by atoms with E-state index >= 15 is 0 Å². The second kappa shape index (κ2) is 15.2. The van der Waals surface area contributed by atoms with Crippen molar-refractivity contribution in [1.82, 2.24) is 5.01 Å². The SMILES string of the molecule is C1=CN2C=Cc3ccccc3N2C=C1.O.O.O=C([O-])C(Cc1ccccc1)N=C([O-])c1ccccc1.[Pd+2]. The number of carboxylic acid groups (broad SMARTS) is 1. The van der Waals surface area contributed by atoms with Crippen molar-refractivity contribution >= 4 is 23.6 Å². The number of rotatable bonds is 5. The Labute approximate surface area is 229 Å². The molecule has 194 valence electrons. The monoisotopic (exact) mass is 591 g/mol. The van der Waals surface area contributed by atoms with Crippen LogP contribution in [-0.4, -0.2) is 33.9 Å². The molecule has 0 saturated heterocycles. The van der Waals surface area contributed by atoms with Gasteiger partial charge in [0.2, 0.25) is 0 Å². The van der Waals surface area contributed by atoms with Gasteiger partial charge in [-0.05, 0) is 41.3 Å². The summed E-state index contributed by atoms with van der Waals surface area (Å²) in [5, 5.41) is 27.2. The van der Waals surface area contributed by atoms with Gasteiger partial charge in [0.15, 0.2) is 0 Å². The smallest absolute Gasteiger partial charge is 0.858 e. The Hall–Kier alpha value is -4.00. The molecular weight excluding hydrogens is 565 g/mol. The summed E-state index contributed by atoms with van der Waals surface area (Å²) in [5.41, 5.74) is 3.64. The van der Waals surface area contributed by atoms with E-state index in [0.717, 1.165) is 5.56 Å². The molecule has 0 bridgehead atoms. The van der Waals surface area contributed by atoms with Crippen LogP contribution in [0, 0.1) is 0 Å². The molecule has 0 aromatic heterocycles. The largest absolute Gasteiger partial charge is 2.00 e. The molecule has 3 aromatic carbocycles. The fourth-order valence-corrected chi connectivity index (χ4v) is 3.55. The molecule has 0 fully saturated rings. The quantitative estimate of drug-likeness (QED) is 0.249. The summed E-state index contributed by atoms with van der Waals surface area (Å²) in [6.07, 6.45) is 12.5.